The molecule has 5 heteroatoms. The predicted octanol–water partition coefficient (Wildman–Crippen LogP) is 1.87. The topological polar surface area (TPSA) is 59.1 Å². The van der Waals surface area contributed by atoms with Gasteiger partial charge in [0, 0.05) is 18.0 Å². The van der Waals surface area contributed by atoms with E-state index in [2.05, 4.69) is 10.3 Å². The van der Waals surface area contributed by atoms with Crippen LogP contribution in [0.2, 0.25) is 0 Å². The Bertz CT molecular complexity index is 472. The molecule has 0 aliphatic rings. The molecule has 0 spiro atoms. The summed E-state index contributed by atoms with van der Waals surface area (Å²) in [7, 11) is -0.982. The van der Waals surface area contributed by atoms with Crippen LogP contribution in [-0.4, -0.2) is 32.0 Å². The van der Waals surface area contributed by atoms with Crippen molar-refractivity contribution in [2.75, 3.05) is 18.6 Å². The highest BCUT2D eigenvalue weighted by molar-refractivity contribution is 7.91. The summed E-state index contributed by atoms with van der Waals surface area (Å²) >= 11 is 0. The Balaban J connectivity index is 2.61. The fraction of sp³-hybridized carbons (Fsp3) is 0.615. The Morgan fingerprint density at radius 1 is 1.44 bits per heavy atom. The molecule has 1 rings (SSSR count). The first kappa shape index (κ1) is 15.1. The van der Waals surface area contributed by atoms with E-state index >= 15 is 0 Å². The van der Waals surface area contributed by atoms with Gasteiger partial charge in [-0.15, -0.1) is 0 Å². The summed E-state index contributed by atoms with van der Waals surface area (Å²) in [5, 5.41) is 3.21. The van der Waals surface area contributed by atoms with Gasteiger partial charge < -0.3 is 5.32 Å². The van der Waals surface area contributed by atoms with Crippen molar-refractivity contribution in [2.45, 2.75) is 32.7 Å². The minimum atomic E-state index is -2.86. The number of hydrogen-bond acceptors (Lipinski definition) is 4. The lowest BCUT2D eigenvalue weighted by atomic mass is 10.0. The van der Waals surface area contributed by atoms with Crippen molar-refractivity contribution in [3.05, 3.63) is 29.6 Å². The molecule has 1 aromatic heterocycles. The van der Waals surface area contributed by atoms with Gasteiger partial charge >= 0.3 is 0 Å². The minimum absolute atomic E-state index is 0.123. The van der Waals surface area contributed by atoms with Crippen LogP contribution in [0.25, 0.3) is 0 Å². The molecule has 1 heterocycles. The van der Waals surface area contributed by atoms with Crippen LogP contribution in [0.5, 0.6) is 0 Å². The Morgan fingerprint density at radius 3 is 2.72 bits per heavy atom. The fourth-order valence-corrected chi connectivity index (χ4v) is 2.83. The largest absolute Gasteiger partial charge is 0.312 e. The molecule has 1 aromatic rings. The standard InChI is InChI=1S/C13H22N2O2S/c1-4-18(16,17)10-6-8-12(14-3)13-11(2)7-5-9-15-13/h5,7,9,12,14H,4,6,8,10H2,1-3H3. The summed E-state index contributed by atoms with van der Waals surface area (Å²) in [5.41, 5.74) is 2.14. The van der Waals surface area contributed by atoms with Crippen molar-refractivity contribution in [3.63, 3.8) is 0 Å². The van der Waals surface area contributed by atoms with E-state index in [1.165, 1.54) is 0 Å². The SMILES string of the molecule is CCS(=O)(=O)CCCC(NC)c1ncccc1C. The zero-order chi connectivity index (χ0) is 13.6. The third kappa shape index (κ3) is 4.38. The van der Waals surface area contributed by atoms with Crippen molar-refractivity contribution in [1.29, 1.82) is 0 Å². The molecule has 4 nitrogen and oxygen atoms in total. The second kappa shape index (κ2) is 6.85. The fourth-order valence-electron chi connectivity index (χ4n) is 1.93. The highest BCUT2D eigenvalue weighted by Crippen LogP contribution is 2.19. The Labute approximate surface area is 110 Å². The van der Waals surface area contributed by atoms with E-state index in [4.69, 9.17) is 0 Å². The normalized spacial score (nSPS) is 13.5. The smallest absolute Gasteiger partial charge is 0.150 e. The van der Waals surface area contributed by atoms with Gasteiger partial charge in [0.05, 0.1) is 11.4 Å². The van der Waals surface area contributed by atoms with E-state index in [0.29, 0.717) is 6.42 Å². The first-order chi connectivity index (χ1) is 8.50. The summed E-state index contributed by atoms with van der Waals surface area (Å²) in [5.74, 6) is 0.480. The number of pyridine rings is 1. The molecule has 0 aliphatic heterocycles. The van der Waals surface area contributed by atoms with Gasteiger partial charge in [-0.05, 0) is 38.4 Å². The second-order valence-electron chi connectivity index (χ2n) is 4.43. The summed E-state index contributed by atoms with van der Waals surface area (Å²) in [6.07, 6.45) is 3.22. The summed E-state index contributed by atoms with van der Waals surface area (Å²) < 4.78 is 22.9. The van der Waals surface area contributed by atoms with Crippen LogP contribution in [0.1, 0.15) is 37.1 Å². The highest BCUT2D eigenvalue weighted by atomic mass is 32.2. The first-order valence-electron chi connectivity index (χ1n) is 6.29. The molecule has 0 fully saturated rings. The second-order valence-corrected chi connectivity index (χ2v) is 6.90. The molecule has 102 valence electrons. The van der Waals surface area contributed by atoms with Gasteiger partial charge in [-0.2, -0.15) is 0 Å². The molecule has 1 atom stereocenters. The molecule has 0 saturated heterocycles. The monoisotopic (exact) mass is 270 g/mol. The molecule has 0 radical (unpaired) electrons. The zero-order valence-corrected chi connectivity index (χ0v) is 12.1. The lowest BCUT2D eigenvalue weighted by Gasteiger charge is -2.17. The van der Waals surface area contributed by atoms with E-state index in [1.54, 1.807) is 13.1 Å². The minimum Gasteiger partial charge on any atom is -0.312 e. The molecule has 0 aliphatic carbocycles. The number of hydrogen-bond donors (Lipinski definition) is 1. The van der Waals surface area contributed by atoms with Gasteiger partial charge in [0.15, 0.2) is 0 Å². The van der Waals surface area contributed by atoms with Gasteiger partial charge in [0.25, 0.3) is 0 Å². The number of sulfone groups is 1. The molecule has 1 unspecified atom stereocenters. The maximum absolute atomic E-state index is 11.4. The maximum Gasteiger partial charge on any atom is 0.150 e. The third-order valence-corrected chi connectivity index (χ3v) is 4.91. The van der Waals surface area contributed by atoms with Crippen molar-refractivity contribution >= 4 is 9.84 Å². The number of rotatable bonds is 7. The molecule has 1 N–H and O–H groups in total. The van der Waals surface area contributed by atoms with E-state index in [1.807, 2.05) is 26.1 Å². The first-order valence-corrected chi connectivity index (χ1v) is 8.11. The Morgan fingerprint density at radius 2 is 2.17 bits per heavy atom. The molecule has 0 aromatic carbocycles. The van der Waals surface area contributed by atoms with E-state index in [-0.39, 0.29) is 17.5 Å². The van der Waals surface area contributed by atoms with E-state index in [0.717, 1.165) is 17.7 Å². The summed E-state index contributed by atoms with van der Waals surface area (Å²) in [6, 6.07) is 4.06. The van der Waals surface area contributed by atoms with Crippen LogP contribution < -0.4 is 5.32 Å². The van der Waals surface area contributed by atoms with Crippen molar-refractivity contribution in [2.24, 2.45) is 0 Å². The molecule has 0 bridgehead atoms. The highest BCUT2D eigenvalue weighted by Gasteiger charge is 2.14. The summed E-state index contributed by atoms with van der Waals surface area (Å²) in [6.45, 7) is 3.71. The predicted molar refractivity (Wildman–Crippen MR) is 74.3 cm³/mol. The van der Waals surface area contributed by atoms with Crippen LogP contribution >= 0.6 is 0 Å². The number of aryl methyl sites for hydroxylation is 1. The van der Waals surface area contributed by atoms with Gasteiger partial charge in [0.2, 0.25) is 0 Å². The van der Waals surface area contributed by atoms with Gasteiger partial charge in [-0.3, -0.25) is 4.98 Å². The number of nitrogens with one attached hydrogen (secondary N) is 1. The zero-order valence-electron chi connectivity index (χ0n) is 11.3. The van der Waals surface area contributed by atoms with Crippen LogP contribution in [0, 0.1) is 6.92 Å². The summed E-state index contributed by atoms with van der Waals surface area (Å²) in [4.78, 5) is 4.37. The lowest BCUT2D eigenvalue weighted by Crippen LogP contribution is -2.20. The Hall–Kier alpha value is -0.940. The number of nitrogens with zero attached hydrogens (tertiary/aromatic N) is 1. The molecular weight excluding hydrogens is 248 g/mol. The Kier molecular flexibility index (Phi) is 5.75. The maximum atomic E-state index is 11.4. The number of aromatic nitrogens is 1. The third-order valence-electron chi connectivity index (χ3n) is 3.12. The van der Waals surface area contributed by atoms with E-state index < -0.39 is 9.84 Å². The van der Waals surface area contributed by atoms with Crippen LogP contribution in [0.15, 0.2) is 18.3 Å². The van der Waals surface area contributed by atoms with Crippen LogP contribution in [0.4, 0.5) is 0 Å². The average Bonchev–Trinajstić information content (AvgIpc) is 2.36. The average molecular weight is 270 g/mol. The van der Waals surface area contributed by atoms with Crippen LogP contribution in [0.3, 0.4) is 0 Å². The molecular formula is C13H22N2O2S. The van der Waals surface area contributed by atoms with Crippen LogP contribution in [-0.2, 0) is 9.84 Å². The lowest BCUT2D eigenvalue weighted by molar-refractivity contribution is 0.521. The van der Waals surface area contributed by atoms with Crippen molar-refractivity contribution in [3.8, 4) is 0 Å². The van der Waals surface area contributed by atoms with Gasteiger partial charge in [-0.25, -0.2) is 8.42 Å². The van der Waals surface area contributed by atoms with E-state index in [9.17, 15) is 8.42 Å². The van der Waals surface area contributed by atoms with Gasteiger partial charge in [0.1, 0.15) is 9.84 Å². The van der Waals surface area contributed by atoms with Gasteiger partial charge in [-0.1, -0.05) is 13.0 Å². The quantitative estimate of drug-likeness (QED) is 0.821. The molecule has 0 amide bonds. The molecule has 18 heavy (non-hydrogen) atoms. The molecule has 0 saturated carbocycles. The van der Waals surface area contributed by atoms with Crippen molar-refractivity contribution < 1.29 is 8.42 Å². The van der Waals surface area contributed by atoms with Crippen molar-refractivity contribution in [1.82, 2.24) is 10.3 Å².